The van der Waals surface area contributed by atoms with Gasteiger partial charge in [0.05, 0.1) is 7.11 Å². The molecular weight excluding hydrogens is 306 g/mol. The van der Waals surface area contributed by atoms with E-state index in [4.69, 9.17) is 4.74 Å². The molecule has 24 heavy (non-hydrogen) atoms. The number of carbonyl (C=O) groups is 2. The Morgan fingerprint density at radius 1 is 1.04 bits per heavy atom. The van der Waals surface area contributed by atoms with Crippen LogP contribution in [-0.2, 0) is 16.1 Å². The van der Waals surface area contributed by atoms with E-state index in [1.165, 1.54) is 7.11 Å². The Labute approximate surface area is 141 Å². The Bertz CT molecular complexity index is 668. The minimum Gasteiger partial charge on any atom is -0.489 e. The van der Waals surface area contributed by atoms with E-state index in [9.17, 15) is 9.59 Å². The lowest BCUT2D eigenvalue weighted by Gasteiger charge is -2.14. The number of hydrogen-bond acceptors (Lipinski definition) is 4. The van der Waals surface area contributed by atoms with Crippen LogP contribution in [0.25, 0.3) is 0 Å². The lowest BCUT2D eigenvalue weighted by molar-refractivity contribution is -0.142. The molecule has 0 spiro atoms. The molecule has 0 aliphatic heterocycles. The fourth-order valence-corrected chi connectivity index (χ4v) is 2.15. The Kier molecular flexibility index (Phi) is 6.37. The van der Waals surface area contributed by atoms with E-state index in [-0.39, 0.29) is 5.91 Å². The van der Waals surface area contributed by atoms with Crippen LogP contribution in [0.15, 0.2) is 54.6 Å². The zero-order valence-corrected chi connectivity index (χ0v) is 13.8. The molecule has 1 unspecified atom stereocenters. The number of amides is 1. The first kappa shape index (κ1) is 17.5. The van der Waals surface area contributed by atoms with Crippen LogP contribution in [0.4, 0.5) is 0 Å². The summed E-state index contributed by atoms with van der Waals surface area (Å²) in [5.41, 5.74) is 1.53. The highest BCUT2D eigenvalue weighted by Gasteiger charge is 2.19. The highest BCUT2D eigenvalue weighted by Crippen LogP contribution is 2.14. The first-order valence-corrected chi connectivity index (χ1v) is 7.79. The van der Waals surface area contributed by atoms with Crippen molar-refractivity contribution in [1.82, 2.24) is 5.32 Å². The van der Waals surface area contributed by atoms with Gasteiger partial charge in [-0.05, 0) is 36.2 Å². The fourth-order valence-electron chi connectivity index (χ4n) is 2.15. The molecule has 0 fully saturated rings. The van der Waals surface area contributed by atoms with E-state index >= 15 is 0 Å². The van der Waals surface area contributed by atoms with Crippen LogP contribution in [0.5, 0.6) is 5.75 Å². The second-order valence-corrected chi connectivity index (χ2v) is 5.26. The van der Waals surface area contributed by atoms with Crippen LogP contribution in [-0.4, -0.2) is 25.0 Å². The highest BCUT2D eigenvalue weighted by atomic mass is 16.5. The van der Waals surface area contributed by atoms with Gasteiger partial charge in [-0.3, -0.25) is 4.79 Å². The van der Waals surface area contributed by atoms with Crippen molar-refractivity contribution < 1.29 is 19.1 Å². The predicted molar refractivity (Wildman–Crippen MR) is 90.8 cm³/mol. The van der Waals surface area contributed by atoms with Crippen LogP contribution in [0.3, 0.4) is 0 Å². The van der Waals surface area contributed by atoms with Gasteiger partial charge in [0.15, 0.2) is 0 Å². The average molecular weight is 327 g/mol. The Balaban J connectivity index is 1.93. The Morgan fingerprint density at radius 3 is 2.29 bits per heavy atom. The van der Waals surface area contributed by atoms with Gasteiger partial charge in [-0.1, -0.05) is 37.3 Å². The predicted octanol–water partition coefficient (Wildman–Crippen LogP) is 2.95. The van der Waals surface area contributed by atoms with Crippen molar-refractivity contribution in [3.05, 3.63) is 65.7 Å². The average Bonchev–Trinajstić information content (AvgIpc) is 2.64. The van der Waals surface area contributed by atoms with Crippen LogP contribution < -0.4 is 10.1 Å². The molecule has 2 rings (SSSR count). The molecule has 5 heteroatoms. The van der Waals surface area contributed by atoms with E-state index in [0.29, 0.717) is 24.3 Å². The summed E-state index contributed by atoms with van der Waals surface area (Å²) in [6.45, 7) is 2.27. The molecule has 1 N–H and O–H groups in total. The number of hydrogen-bond donors (Lipinski definition) is 1. The van der Waals surface area contributed by atoms with Crippen molar-refractivity contribution >= 4 is 11.9 Å². The zero-order valence-electron chi connectivity index (χ0n) is 13.8. The molecule has 0 aromatic heterocycles. The van der Waals surface area contributed by atoms with E-state index in [1.54, 1.807) is 24.3 Å². The number of methoxy groups -OCH3 is 1. The summed E-state index contributed by atoms with van der Waals surface area (Å²) in [5, 5.41) is 2.66. The summed E-state index contributed by atoms with van der Waals surface area (Å²) in [5.74, 6) is -0.0917. The molecule has 0 heterocycles. The maximum absolute atomic E-state index is 12.2. The normalized spacial score (nSPS) is 11.4. The van der Waals surface area contributed by atoms with Crippen molar-refractivity contribution in [1.29, 1.82) is 0 Å². The summed E-state index contributed by atoms with van der Waals surface area (Å²) in [4.78, 5) is 23.7. The first-order valence-electron chi connectivity index (χ1n) is 7.79. The molecule has 0 aliphatic carbocycles. The molecule has 0 saturated heterocycles. The lowest BCUT2D eigenvalue weighted by Crippen LogP contribution is -2.40. The van der Waals surface area contributed by atoms with Crippen LogP contribution in [0.2, 0.25) is 0 Å². The third-order valence-electron chi connectivity index (χ3n) is 3.56. The summed E-state index contributed by atoms with van der Waals surface area (Å²) in [6, 6.07) is 16.0. The minimum absolute atomic E-state index is 0.318. The number of esters is 1. The van der Waals surface area contributed by atoms with Gasteiger partial charge in [0, 0.05) is 5.56 Å². The quantitative estimate of drug-likeness (QED) is 0.794. The minimum atomic E-state index is -0.642. The molecule has 2 aromatic carbocycles. The van der Waals surface area contributed by atoms with Crippen molar-refractivity contribution in [3.8, 4) is 5.75 Å². The number of benzene rings is 2. The van der Waals surface area contributed by atoms with Gasteiger partial charge in [0.1, 0.15) is 18.4 Å². The number of carbonyl (C=O) groups excluding carboxylic acids is 2. The van der Waals surface area contributed by atoms with E-state index in [0.717, 1.165) is 5.56 Å². The van der Waals surface area contributed by atoms with E-state index in [1.807, 2.05) is 37.3 Å². The molecule has 5 nitrogen and oxygen atoms in total. The van der Waals surface area contributed by atoms with Gasteiger partial charge in [0.25, 0.3) is 5.91 Å². The zero-order chi connectivity index (χ0) is 17.4. The van der Waals surface area contributed by atoms with Crippen molar-refractivity contribution in [2.75, 3.05) is 7.11 Å². The largest absolute Gasteiger partial charge is 0.489 e. The molecule has 0 bridgehead atoms. The summed E-state index contributed by atoms with van der Waals surface area (Å²) < 4.78 is 10.3. The van der Waals surface area contributed by atoms with Crippen molar-refractivity contribution in [2.45, 2.75) is 26.0 Å². The molecule has 1 atom stereocenters. The van der Waals surface area contributed by atoms with Crippen LogP contribution >= 0.6 is 0 Å². The summed E-state index contributed by atoms with van der Waals surface area (Å²) in [6.07, 6.45) is 0.469. The number of rotatable bonds is 7. The molecule has 1 amide bonds. The SMILES string of the molecule is CCC(NC(=O)c1ccc(OCc2ccccc2)cc1)C(=O)OC. The van der Waals surface area contributed by atoms with Gasteiger partial charge >= 0.3 is 5.97 Å². The highest BCUT2D eigenvalue weighted by molar-refractivity contribution is 5.96. The number of ether oxygens (including phenoxy) is 2. The monoisotopic (exact) mass is 327 g/mol. The maximum atomic E-state index is 12.2. The van der Waals surface area contributed by atoms with Gasteiger partial charge < -0.3 is 14.8 Å². The smallest absolute Gasteiger partial charge is 0.328 e. The van der Waals surface area contributed by atoms with Gasteiger partial charge in [-0.2, -0.15) is 0 Å². The summed E-state index contributed by atoms with van der Waals surface area (Å²) >= 11 is 0. The number of nitrogens with one attached hydrogen (secondary N) is 1. The molecule has 126 valence electrons. The molecule has 0 radical (unpaired) electrons. The van der Waals surface area contributed by atoms with Gasteiger partial charge in [-0.25, -0.2) is 4.79 Å². The third kappa shape index (κ3) is 4.84. The maximum Gasteiger partial charge on any atom is 0.328 e. The van der Waals surface area contributed by atoms with Crippen molar-refractivity contribution in [3.63, 3.8) is 0 Å². The fraction of sp³-hybridized carbons (Fsp3) is 0.263. The molecule has 0 aliphatic rings. The van der Waals surface area contributed by atoms with Crippen LogP contribution in [0, 0.1) is 0 Å². The molecule has 0 saturated carbocycles. The summed E-state index contributed by atoms with van der Waals surface area (Å²) in [7, 11) is 1.30. The van der Waals surface area contributed by atoms with Gasteiger partial charge in [-0.15, -0.1) is 0 Å². The molecular formula is C19H21NO4. The van der Waals surface area contributed by atoms with Crippen molar-refractivity contribution in [2.24, 2.45) is 0 Å². The van der Waals surface area contributed by atoms with E-state index < -0.39 is 12.0 Å². The lowest BCUT2D eigenvalue weighted by atomic mass is 10.1. The first-order chi connectivity index (χ1) is 11.6. The molecule has 2 aromatic rings. The topological polar surface area (TPSA) is 64.6 Å². The second kappa shape index (κ2) is 8.72. The van der Waals surface area contributed by atoms with Gasteiger partial charge in [0.2, 0.25) is 0 Å². The Hall–Kier alpha value is -2.82. The standard InChI is InChI=1S/C19H21NO4/c1-3-17(19(22)23-2)20-18(21)15-9-11-16(12-10-15)24-13-14-7-5-4-6-8-14/h4-12,17H,3,13H2,1-2H3,(H,20,21). The van der Waals surface area contributed by atoms with E-state index in [2.05, 4.69) is 10.1 Å². The Morgan fingerprint density at radius 2 is 1.71 bits per heavy atom. The second-order valence-electron chi connectivity index (χ2n) is 5.26. The third-order valence-corrected chi connectivity index (χ3v) is 3.56. The van der Waals surface area contributed by atoms with Crippen LogP contribution in [0.1, 0.15) is 29.3 Å².